The smallest absolute Gasteiger partial charge is 0.475 e. The average Bonchev–Trinajstić information content (AvgIpc) is 2.88. The van der Waals surface area contributed by atoms with Crippen molar-refractivity contribution in [3.63, 3.8) is 0 Å². The summed E-state index contributed by atoms with van der Waals surface area (Å²) < 4.78 is 60.8. The summed E-state index contributed by atoms with van der Waals surface area (Å²) in [6.45, 7) is 11.7. The van der Waals surface area contributed by atoms with Crippen LogP contribution in [0.2, 0.25) is 0 Å². The lowest BCUT2D eigenvalue weighted by molar-refractivity contribution is -0.192. The van der Waals surface area contributed by atoms with Gasteiger partial charge >= 0.3 is 12.1 Å². The second-order valence-electron chi connectivity index (χ2n) is 9.66. The molecule has 0 aromatic heterocycles. The van der Waals surface area contributed by atoms with Crippen molar-refractivity contribution >= 4 is 33.3 Å². The molecule has 1 aliphatic heterocycles. The largest absolute Gasteiger partial charge is 0.490 e. The number of alkyl halides is 3. The molecule has 1 fully saturated rings. The third-order valence-corrected chi connectivity index (χ3v) is 7.98. The number of hydrogen-bond donors (Lipinski definition) is 3. The number of carboxylic acids is 1. The summed E-state index contributed by atoms with van der Waals surface area (Å²) in [6.07, 6.45) is -3.17. The number of nitrogens with one attached hydrogen (secondary N) is 2. The summed E-state index contributed by atoms with van der Waals surface area (Å²) in [7, 11) is -2.00. The molecule has 1 heterocycles. The van der Waals surface area contributed by atoms with E-state index in [0.717, 1.165) is 55.8 Å². The van der Waals surface area contributed by atoms with E-state index in [4.69, 9.17) is 9.90 Å². The first-order valence-corrected chi connectivity index (χ1v) is 14.3. The van der Waals surface area contributed by atoms with Crippen molar-refractivity contribution in [1.29, 1.82) is 0 Å². The van der Waals surface area contributed by atoms with E-state index in [2.05, 4.69) is 21.9 Å². The maximum atomic E-state index is 13.3. The monoisotopic (exact) mass is 586 g/mol. The number of anilines is 2. The number of carboxylic acid groups (broad SMARTS) is 1. The van der Waals surface area contributed by atoms with E-state index in [9.17, 15) is 26.4 Å². The van der Waals surface area contributed by atoms with Gasteiger partial charge in [-0.2, -0.15) is 13.2 Å². The lowest BCUT2D eigenvalue weighted by Crippen LogP contribution is -2.44. The van der Waals surface area contributed by atoms with Gasteiger partial charge in [-0.25, -0.2) is 13.2 Å². The van der Waals surface area contributed by atoms with Crippen LogP contribution >= 0.6 is 0 Å². The number of benzene rings is 2. The maximum absolute atomic E-state index is 13.3. The molecule has 0 unspecified atom stereocenters. The molecule has 1 amide bonds. The zero-order valence-electron chi connectivity index (χ0n) is 23.4. The number of carbonyl (C=O) groups excluding carboxylic acids is 1. The van der Waals surface area contributed by atoms with Gasteiger partial charge in [-0.1, -0.05) is 19.4 Å². The average molecular weight is 587 g/mol. The number of hydrogen-bond acceptors (Lipinski definition) is 6. The van der Waals surface area contributed by atoms with Crippen molar-refractivity contribution < 1.29 is 36.3 Å². The van der Waals surface area contributed by atoms with E-state index in [1.54, 1.807) is 37.1 Å². The fraction of sp³-hybridized carbons (Fsp3) is 0.481. The number of aryl methyl sites for hydroxylation is 3. The van der Waals surface area contributed by atoms with Gasteiger partial charge in [-0.05, 0) is 68.1 Å². The highest BCUT2D eigenvalue weighted by molar-refractivity contribution is 7.92. The highest BCUT2D eigenvalue weighted by Crippen LogP contribution is 2.29. The van der Waals surface area contributed by atoms with Crippen LogP contribution in [0.25, 0.3) is 0 Å². The maximum Gasteiger partial charge on any atom is 0.490 e. The molecule has 2 aromatic rings. The van der Waals surface area contributed by atoms with E-state index >= 15 is 0 Å². The Morgan fingerprint density at radius 1 is 1.05 bits per heavy atom. The first-order chi connectivity index (χ1) is 18.6. The van der Waals surface area contributed by atoms with Crippen molar-refractivity contribution in [2.45, 2.75) is 51.6 Å². The molecular formula is C27H37F3N4O5S. The second-order valence-corrected chi connectivity index (χ2v) is 11.3. The number of carbonyl (C=O) groups is 2. The van der Waals surface area contributed by atoms with Crippen molar-refractivity contribution in [2.24, 2.45) is 0 Å². The van der Waals surface area contributed by atoms with Crippen LogP contribution in [0.3, 0.4) is 0 Å². The van der Waals surface area contributed by atoms with Crippen LogP contribution in [0, 0.1) is 20.8 Å². The van der Waals surface area contributed by atoms with Gasteiger partial charge in [-0.3, -0.25) is 9.52 Å². The van der Waals surface area contributed by atoms with Crippen LogP contribution in [0.15, 0.2) is 35.2 Å². The quantitative estimate of drug-likeness (QED) is 0.421. The van der Waals surface area contributed by atoms with E-state index in [1.165, 1.54) is 0 Å². The van der Waals surface area contributed by atoms with Gasteiger partial charge in [0.15, 0.2) is 0 Å². The molecule has 0 atom stereocenters. The number of unbranched alkanes of at least 4 members (excludes halogenated alkanes) is 1. The first kappa shape index (κ1) is 32.9. The number of sulfonamides is 1. The molecule has 0 spiro atoms. The van der Waals surface area contributed by atoms with Crippen molar-refractivity contribution in [3.8, 4) is 0 Å². The summed E-state index contributed by atoms with van der Waals surface area (Å²) >= 11 is 0. The van der Waals surface area contributed by atoms with Crippen LogP contribution in [-0.4, -0.2) is 76.2 Å². The molecule has 3 rings (SSSR count). The van der Waals surface area contributed by atoms with Crippen molar-refractivity contribution in [3.05, 3.63) is 52.6 Å². The summed E-state index contributed by atoms with van der Waals surface area (Å²) in [5.41, 5.74) is 4.42. The SMILES string of the molecule is CCCCN(C)C(=O)c1cc(NS(=O)(=O)c2cc(C)c(C)cc2C)ccc1N1CCNCC1.O=C(O)C(F)(F)F. The Bertz CT molecular complexity index is 1310. The minimum atomic E-state index is -5.08. The molecule has 0 radical (unpaired) electrons. The zero-order valence-corrected chi connectivity index (χ0v) is 24.2. The van der Waals surface area contributed by atoms with Gasteiger partial charge in [0.05, 0.1) is 10.5 Å². The third kappa shape index (κ3) is 8.85. The van der Waals surface area contributed by atoms with Crippen LogP contribution < -0.4 is 14.9 Å². The predicted octanol–water partition coefficient (Wildman–Crippen LogP) is 4.33. The fourth-order valence-corrected chi connectivity index (χ4v) is 5.45. The fourth-order valence-electron chi connectivity index (χ4n) is 4.09. The first-order valence-electron chi connectivity index (χ1n) is 12.8. The Balaban J connectivity index is 0.000000708. The molecule has 13 heteroatoms. The number of halogens is 3. The Kier molecular flexibility index (Phi) is 11.4. The molecule has 1 aliphatic rings. The topological polar surface area (TPSA) is 119 Å². The lowest BCUT2D eigenvalue weighted by atomic mass is 10.1. The number of rotatable bonds is 8. The van der Waals surface area contributed by atoms with E-state index in [1.807, 2.05) is 26.0 Å². The number of nitrogens with zero attached hydrogens (tertiary/aromatic N) is 2. The van der Waals surface area contributed by atoms with Crippen LogP contribution in [0.1, 0.15) is 46.8 Å². The Morgan fingerprint density at radius 2 is 1.62 bits per heavy atom. The summed E-state index contributed by atoms with van der Waals surface area (Å²) in [6, 6.07) is 8.86. The summed E-state index contributed by atoms with van der Waals surface area (Å²) in [5.74, 6) is -2.85. The van der Waals surface area contributed by atoms with E-state index in [0.29, 0.717) is 23.4 Å². The molecule has 9 nitrogen and oxygen atoms in total. The van der Waals surface area contributed by atoms with Crippen molar-refractivity contribution in [1.82, 2.24) is 10.2 Å². The van der Waals surface area contributed by atoms with Gasteiger partial charge in [0, 0.05) is 51.1 Å². The van der Waals surface area contributed by atoms with Gasteiger partial charge in [0.2, 0.25) is 0 Å². The normalized spacial score (nSPS) is 13.8. The highest BCUT2D eigenvalue weighted by Gasteiger charge is 2.38. The Hall–Kier alpha value is -3.32. The molecule has 0 aliphatic carbocycles. The number of aliphatic carboxylic acids is 1. The van der Waals surface area contributed by atoms with Gasteiger partial charge < -0.3 is 20.2 Å². The summed E-state index contributed by atoms with van der Waals surface area (Å²) in [5, 5.41) is 10.5. The van der Waals surface area contributed by atoms with Crippen LogP contribution in [0.4, 0.5) is 24.5 Å². The minimum Gasteiger partial charge on any atom is -0.475 e. The Morgan fingerprint density at radius 3 is 2.17 bits per heavy atom. The number of amides is 1. The Labute approximate surface area is 233 Å². The molecule has 0 bridgehead atoms. The highest BCUT2D eigenvalue weighted by atomic mass is 32.2. The molecule has 1 saturated heterocycles. The third-order valence-electron chi connectivity index (χ3n) is 6.45. The van der Waals surface area contributed by atoms with Gasteiger partial charge in [0.1, 0.15) is 0 Å². The van der Waals surface area contributed by atoms with Crippen LogP contribution in [-0.2, 0) is 14.8 Å². The molecule has 222 valence electrons. The molecular weight excluding hydrogens is 549 g/mol. The van der Waals surface area contributed by atoms with E-state index < -0.39 is 22.2 Å². The predicted molar refractivity (Wildman–Crippen MR) is 149 cm³/mol. The van der Waals surface area contributed by atoms with Gasteiger partial charge in [0.25, 0.3) is 15.9 Å². The lowest BCUT2D eigenvalue weighted by Gasteiger charge is -2.32. The summed E-state index contributed by atoms with van der Waals surface area (Å²) in [4.78, 5) is 26.4. The zero-order chi connectivity index (χ0) is 30.3. The molecule has 3 N–H and O–H groups in total. The van der Waals surface area contributed by atoms with Crippen molar-refractivity contribution in [2.75, 3.05) is 49.4 Å². The molecule has 40 heavy (non-hydrogen) atoms. The molecule has 2 aromatic carbocycles. The number of piperazine rings is 1. The standard InChI is InChI=1S/C25H36N4O3S.C2HF3O2/c1-6-7-12-28(5)25(30)22-17-21(8-9-23(22)29-13-10-26-11-14-29)27-33(31,32)24-16-19(3)18(2)15-20(24)4;3-2(4,5)1(6)7/h8-9,15-17,26-27H,6-7,10-14H2,1-5H3;(H,6,7). The second kappa shape index (κ2) is 13.8. The minimum absolute atomic E-state index is 0.0969. The van der Waals surface area contributed by atoms with Crippen LogP contribution in [0.5, 0.6) is 0 Å². The molecule has 0 saturated carbocycles. The van der Waals surface area contributed by atoms with E-state index in [-0.39, 0.29) is 10.8 Å². The van der Waals surface area contributed by atoms with Gasteiger partial charge in [-0.15, -0.1) is 0 Å².